The lowest BCUT2D eigenvalue weighted by Gasteiger charge is -2.09. The van der Waals surface area contributed by atoms with Crippen LogP contribution >= 0.6 is 0 Å². The van der Waals surface area contributed by atoms with Gasteiger partial charge >= 0.3 is 0 Å². The first-order chi connectivity index (χ1) is 7.66. The molecule has 1 heterocycles. The van der Waals surface area contributed by atoms with Crippen LogP contribution in [0.4, 0.5) is 4.39 Å². The zero-order valence-electron chi connectivity index (χ0n) is 9.09. The van der Waals surface area contributed by atoms with E-state index >= 15 is 0 Å². The molecule has 1 aromatic rings. The first-order valence-corrected chi connectivity index (χ1v) is 5.24. The summed E-state index contributed by atoms with van der Waals surface area (Å²) >= 11 is 0. The topological polar surface area (TPSA) is 35.5 Å². The van der Waals surface area contributed by atoms with Gasteiger partial charge in [-0.05, 0) is 18.6 Å². The van der Waals surface area contributed by atoms with Crippen LogP contribution in [0.25, 0.3) is 0 Å². The molecule has 3 nitrogen and oxygen atoms in total. The molecule has 4 heteroatoms. The van der Waals surface area contributed by atoms with E-state index in [0.29, 0.717) is 30.3 Å². The number of hydrogen-bond acceptors (Lipinski definition) is 3. The van der Waals surface area contributed by atoms with Crippen molar-refractivity contribution in [3.63, 3.8) is 0 Å². The molecule has 0 saturated carbocycles. The molecule has 0 spiro atoms. The van der Waals surface area contributed by atoms with Crippen molar-refractivity contribution in [3.8, 4) is 11.5 Å². The van der Waals surface area contributed by atoms with E-state index in [1.54, 1.807) is 6.07 Å². The van der Waals surface area contributed by atoms with Crippen molar-refractivity contribution in [1.29, 1.82) is 0 Å². The number of Topliss-reactive ketones (excluding diaryl/α,β-unsaturated/α-hetero) is 1. The number of carbonyl (C=O) groups is 1. The van der Waals surface area contributed by atoms with Crippen molar-refractivity contribution in [1.82, 2.24) is 0 Å². The standard InChI is InChI=1S/C12H13FO3/c1-8(14)5-9-6-11-12(7-10(9)13)16-4-2-3-15-11/h6-7H,2-5H2,1H3. The highest BCUT2D eigenvalue weighted by molar-refractivity contribution is 5.78. The van der Waals surface area contributed by atoms with Gasteiger partial charge in [-0.1, -0.05) is 0 Å². The molecule has 0 amide bonds. The highest BCUT2D eigenvalue weighted by Crippen LogP contribution is 2.32. The Morgan fingerprint density at radius 3 is 2.56 bits per heavy atom. The third-order valence-electron chi connectivity index (χ3n) is 2.36. The summed E-state index contributed by atoms with van der Waals surface area (Å²) in [5.74, 6) is 0.449. The van der Waals surface area contributed by atoms with Gasteiger partial charge in [0.1, 0.15) is 11.6 Å². The smallest absolute Gasteiger partial charge is 0.164 e. The number of fused-ring (bicyclic) bond motifs is 1. The summed E-state index contributed by atoms with van der Waals surface area (Å²) < 4.78 is 24.3. The average Bonchev–Trinajstić information content (AvgIpc) is 2.42. The molecule has 0 aromatic heterocycles. The van der Waals surface area contributed by atoms with Gasteiger partial charge in [-0.25, -0.2) is 4.39 Å². The molecule has 2 rings (SSSR count). The van der Waals surface area contributed by atoms with E-state index in [2.05, 4.69) is 0 Å². The number of ketones is 1. The van der Waals surface area contributed by atoms with Crippen molar-refractivity contribution in [2.24, 2.45) is 0 Å². The van der Waals surface area contributed by atoms with E-state index in [-0.39, 0.29) is 12.2 Å². The van der Waals surface area contributed by atoms with Crippen LogP contribution in [0.2, 0.25) is 0 Å². The Morgan fingerprint density at radius 1 is 1.31 bits per heavy atom. The van der Waals surface area contributed by atoms with Gasteiger partial charge in [-0.3, -0.25) is 4.79 Å². The third kappa shape index (κ3) is 2.32. The second-order valence-electron chi connectivity index (χ2n) is 3.82. The number of carbonyl (C=O) groups excluding carboxylic acids is 1. The quantitative estimate of drug-likeness (QED) is 0.771. The fourth-order valence-electron chi connectivity index (χ4n) is 1.63. The predicted molar refractivity (Wildman–Crippen MR) is 56.4 cm³/mol. The normalized spacial score (nSPS) is 14.4. The Labute approximate surface area is 93.2 Å². The third-order valence-corrected chi connectivity index (χ3v) is 2.36. The molecular formula is C12H13FO3. The van der Waals surface area contributed by atoms with Crippen molar-refractivity contribution >= 4 is 5.78 Å². The Balaban J connectivity index is 2.34. The van der Waals surface area contributed by atoms with Crippen LogP contribution in [0.5, 0.6) is 11.5 Å². The number of rotatable bonds is 2. The molecule has 0 bridgehead atoms. The van der Waals surface area contributed by atoms with E-state index < -0.39 is 5.82 Å². The fourth-order valence-corrected chi connectivity index (χ4v) is 1.63. The number of halogens is 1. The molecule has 0 fully saturated rings. The lowest BCUT2D eigenvalue weighted by atomic mass is 10.1. The molecule has 16 heavy (non-hydrogen) atoms. The summed E-state index contributed by atoms with van der Waals surface area (Å²) in [5, 5.41) is 0. The van der Waals surface area contributed by atoms with Gasteiger partial charge in [-0.2, -0.15) is 0 Å². The summed E-state index contributed by atoms with van der Waals surface area (Å²) in [6.45, 7) is 2.51. The Kier molecular flexibility index (Phi) is 3.08. The highest BCUT2D eigenvalue weighted by Gasteiger charge is 2.15. The zero-order valence-corrected chi connectivity index (χ0v) is 9.09. The van der Waals surface area contributed by atoms with Gasteiger partial charge in [0.05, 0.1) is 13.2 Å². The van der Waals surface area contributed by atoms with Crippen LogP contribution in [0.3, 0.4) is 0 Å². The van der Waals surface area contributed by atoms with Crippen LogP contribution in [-0.4, -0.2) is 19.0 Å². The molecule has 0 atom stereocenters. The molecule has 86 valence electrons. The largest absolute Gasteiger partial charge is 0.490 e. The van der Waals surface area contributed by atoms with Crippen LogP contribution in [0.1, 0.15) is 18.9 Å². The van der Waals surface area contributed by atoms with E-state index in [1.807, 2.05) is 0 Å². The predicted octanol–water partition coefficient (Wildman–Crippen LogP) is 2.12. The van der Waals surface area contributed by atoms with Gasteiger partial charge in [-0.15, -0.1) is 0 Å². The first kappa shape index (κ1) is 10.9. The number of benzene rings is 1. The van der Waals surface area contributed by atoms with Crippen molar-refractivity contribution in [2.75, 3.05) is 13.2 Å². The van der Waals surface area contributed by atoms with E-state index in [0.717, 1.165) is 6.42 Å². The van der Waals surface area contributed by atoms with Crippen LogP contribution in [0, 0.1) is 5.82 Å². The van der Waals surface area contributed by atoms with Crippen molar-refractivity contribution in [2.45, 2.75) is 19.8 Å². The fraction of sp³-hybridized carbons (Fsp3) is 0.417. The number of ether oxygens (including phenoxy) is 2. The maximum atomic E-state index is 13.6. The van der Waals surface area contributed by atoms with E-state index in [4.69, 9.17) is 9.47 Å². The lowest BCUT2D eigenvalue weighted by molar-refractivity contribution is -0.116. The van der Waals surface area contributed by atoms with Crippen LogP contribution < -0.4 is 9.47 Å². The second-order valence-corrected chi connectivity index (χ2v) is 3.82. The Hall–Kier alpha value is -1.58. The molecule has 1 aromatic carbocycles. The van der Waals surface area contributed by atoms with E-state index in [1.165, 1.54) is 13.0 Å². The minimum atomic E-state index is -0.417. The summed E-state index contributed by atoms with van der Waals surface area (Å²) in [6, 6.07) is 2.84. The first-order valence-electron chi connectivity index (χ1n) is 5.24. The maximum absolute atomic E-state index is 13.6. The van der Waals surface area contributed by atoms with Gasteiger partial charge in [0.2, 0.25) is 0 Å². The number of hydrogen-bond donors (Lipinski definition) is 0. The Bertz CT molecular complexity index is 415. The summed E-state index contributed by atoms with van der Waals surface area (Å²) in [4.78, 5) is 11.0. The molecule has 0 aliphatic carbocycles. The molecule has 0 unspecified atom stereocenters. The average molecular weight is 224 g/mol. The molecule has 0 saturated heterocycles. The lowest BCUT2D eigenvalue weighted by Crippen LogP contribution is -2.01. The molecular weight excluding hydrogens is 211 g/mol. The van der Waals surface area contributed by atoms with Crippen molar-refractivity contribution < 1.29 is 18.7 Å². The summed E-state index contributed by atoms with van der Waals surface area (Å²) in [6.07, 6.45) is 0.862. The second kappa shape index (κ2) is 4.51. The summed E-state index contributed by atoms with van der Waals surface area (Å²) in [5.41, 5.74) is 0.358. The monoisotopic (exact) mass is 224 g/mol. The van der Waals surface area contributed by atoms with E-state index in [9.17, 15) is 9.18 Å². The Morgan fingerprint density at radius 2 is 1.94 bits per heavy atom. The van der Waals surface area contributed by atoms with Gasteiger partial charge in [0.25, 0.3) is 0 Å². The van der Waals surface area contributed by atoms with Gasteiger partial charge < -0.3 is 9.47 Å². The molecule has 0 radical (unpaired) electrons. The van der Waals surface area contributed by atoms with Crippen molar-refractivity contribution in [3.05, 3.63) is 23.5 Å². The van der Waals surface area contributed by atoms with Gasteiger partial charge in [0.15, 0.2) is 11.5 Å². The molecule has 1 aliphatic heterocycles. The zero-order chi connectivity index (χ0) is 11.5. The van der Waals surface area contributed by atoms with Crippen LogP contribution in [0.15, 0.2) is 12.1 Å². The molecule has 0 N–H and O–H groups in total. The maximum Gasteiger partial charge on any atom is 0.164 e. The molecule has 1 aliphatic rings. The van der Waals surface area contributed by atoms with Crippen LogP contribution in [-0.2, 0) is 11.2 Å². The minimum absolute atomic E-state index is 0.0756. The highest BCUT2D eigenvalue weighted by atomic mass is 19.1. The SMILES string of the molecule is CC(=O)Cc1cc2c(cc1F)OCCCO2. The minimum Gasteiger partial charge on any atom is -0.490 e. The van der Waals surface area contributed by atoms with Gasteiger partial charge in [0, 0.05) is 18.9 Å². The summed E-state index contributed by atoms with van der Waals surface area (Å²) in [7, 11) is 0.